The van der Waals surface area contributed by atoms with Gasteiger partial charge in [-0.2, -0.15) is 13.2 Å². The van der Waals surface area contributed by atoms with Crippen LogP contribution in [0.2, 0.25) is 0 Å². The number of amides is 2. The summed E-state index contributed by atoms with van der Waals surface area (Å²) >= 11 is 0. The fourth-order valence-corrected chi connectivity index (χ4v) is 1.53. The third kappa shape index (κ3) is 6.82. The molecule has 4 N–H and O–H groups in total. The van der Waals surface area contributed by atoms with Gasteiger partial charge in [0.2, 0.25) is 0 Å². The van der Waals surface area contributed by atoms with Gasteiger partial charge < -0.3 is 10.6 Å². The van der Waals surface area contributed by atoms with E-state index in [0.717, 1.165) is 25.1 Å². The Bertz CT molecular complexity index is 434. The average molecular weight is 305 g/mol. The largest absolute Gasteiger partial charge is 0.419 e. The normalized spacial score (nSPS) is 11.0. The molecule has 1 aromatic heterocycles. The monoisotopic (exact) mass is 305 g/mol. The molecule has 2 amide bonds. The molecule has 0 aromatic carbocycles. The number of hydrogen-bond acceptors (Lipinski definition) is 2. The van der Waals surface area contributed by atoms with Crippen molar-refractivity contribution in [2.75, 3.05) is 25.0 Å². The highest BCUT2D eigenvalue weighted by Gasteiger charge is 2.31. The standard InChI is InChI=1S/C13H19F3N4O/c1-2-3-6-18-12(21)19-8-7-17-11-5-4-10(9-20-11)13(14,15)16/h4-5,9H,2-3,6-8H2,1H3,(H,17,20)(H2,18,19,21)/p+1. The van der Waals surface area contributed by atoms with Crippen LogP contribution in [0.15, 0.2) is 18.3 Å². The quantitative estimate of drug-likeness (QED) is 0.675. The van der Waals surface area contributed by atoms with Gasteiger partial charge in [0.05, 0.1) is 12.1 Å². The van der Waals surface area contributed by atoms with Gasteiger partial charge in [0.15, 0.2) is 0 Å². The topological polar surface area (TPSA) is 67.3 Å². The zero-order valence-electron chi connectivity index (χ0n) is 11.8. The van der Waals surface area contributed by atoms with E-state index in [9.17, 15) is 18.0 Å². The third-order valence-electron chi connectivity index (χ3n) is 2.68. The number of H-pyrrole nitrogens is 1. The molecule has 1 heterocycles. The van der Waals surface area contributed by atoms with Crippen molar-refractivity contribution in [3.8, 4) is 0 Å². The number of anilines is 1. The maximum Gasteiger partial charge on any atom is 0.419 e. The maximum absolute atomic E-state index is 12.3. The lowest BCUT2D eigenvalue weighted by Crippen LogP contribution is -2.38. The van der Waals surface area contributed by atoms with Crippen LogP contribution >= 0.6 is 0 Å². The number of nitrogens with one attached hydrogen (secondary N) is 4. The molecule has 8 heteroatoms. The van der Waals surface area contributed by atoms with E-state index in [2.05, 4.69) is 20.9 Å². The summed E-state index contributed by atoms with van der Waals surface area (Å²) in [7, 11) is 0. The van der Waals surface area contributed by atoms with Gasteiger partial charge in [0, 0.05) is 12.6 Å². The molecule has 0 aliphatic carbocycles. The second kappa shape index (κ2) is 8.33. The number of pyridine rings is 1. The lowest BCUT2D eigenvalue weighted by molar-refractivity contribution is -0.364. The van der Waals surface area contributed by atoms with Crippen molar-refractivity contribution in [2.45, 2.75) is 25.9 Å². The Morgan fingerprint density at radius 2 is 1.90 bits per heavy atom. The van der Waals surface area contributed by atoms with Crippen LogP contribution in [0.5, 0.6) is 0 Å². The molecular formula is C13H20F3N4O+. The molecule has 1 rings (SSSR count). The predicted octanol–water partition coefficient (Wildman–Crippen LogP) is 2.03. The summed E-state index contributed by atoms with van der Waals surface area (Å²) in [6.07, 6.45) is -1.53. The summed E-state index contributed by atoms with van der Waals surface area (Å²) in [5.41, 5.74) is -0.735. The molecule has 0 spiro atoms. The van der Waals surface area contributed by atoms with Crippen LogP contribution in [-0.2, 0) is 6.18 Å². The minimum Gasteiger partial charge on any atom is -0.338 e. The molecule has 0 bridgehead atoms. The van der Waals surface area contributed by atoms with Crippen molar-refractivity contribution >= 4 is 11.8 Å². The highest BCUT2D eigenvalue weighted by atomic mass is 19.4. The number of carbonyl (C=O) groups excluding carboxylic acids is 1. The predicted molar refractivity (Wildman–Crippen MR) is 72.8 cm³/mol. The highest BCUT2D eigenvalue weighted by Crippen LogP contribution is 2.27. The van der Waals surface area contributed by atoms with Crippen LogP contribution in [0.1, 0.15) is 25.3 Å². The number of unbranched alkanes of at least 4 members (excludes halogenated alkanes) is 1. The maximum atomic E-state index is 12.3. The van der Waals surface area contributed by atoms with Gasteiger partial charge >= 0.3 is 12.2 Å². The van der Waals surface area contributed by atoms with Gasteiger partial charge in [0.25, 0.3) is 5.82 Å². The Hall–Kier alpha value is -1.99. The SMILES string of the molecule is CCCCNC(=O)NCCNc1ccc(C(F)(F)F)c[nH+]1. The minimum atomic E-state index is -4.35. The van der Waals surface area contributed by atoms with Crippen molar-refractivity contribution in [3.63, 3.8) is 0 Å². The first-order valence-electron chi connectivity index (χ1n) is 6.78. The first-order valence-corrected chi connectivity index (χ1v) is 6.78. The van der Waals surface area contributed by atoms with Gasteiger partial charge in [-0.05, 0) is 12.5 Å². The highest BCUT2D eigenvalue weighted by molar-refractivity contribution is 5.73. The first-order chi connectivity index (χ1) is 9.93. The number of alkyl halides is 3. The van der Waals surface area contributed by atoms with Crippen molar-refractivity contribution in [3.05, 3.63) is 23.9 Å². The molecule has 0 fully saturated rings. The van der Waals surface area contributed by atoms with Gasteiger partial charge in [-0.25, -0.2) is 9.78 Å². The van der Waals surface area contributed by atoms with Crippen LogP contribution in [-0.4, -0.2) is 25.7 Å². The van der Waals surface area contributed by atoms with Crippen molar-refractivity contribution in [1.82, 2.24) is 10.6 Å². The van der Waals surface area contributed by atoms with Gasteiger partial charge in [-0.15, -0.1) is 0 Å². The number of halogens is 3. The fourth-order valence-electron chi connectivity index (χ4n) is 1.53. The summed E-state index contributed by atoms with van der Waals surface area (Å²) in [6, 6.07) is 2.05. The molecule has 0 radical (unpaired) electrons. The Balaban J connectivity index is 2.22. The summed E-state index contributed by atoms with van der Waals surface area (Å²) < 4.78 is 37.0. The van der Waals surface area contributed by atoms with Crippen molar-refractivity contribution < 1.29 is 22.9 Å². The van der Waals surface area contributed by atoms with E-state index < -0.39 is 11.7 Å². The second-order valence-electron chi connectivity index (χ2n) is 4.45. The molecule has 118 valence electrons. The molecule has 0 saturated carbocycles. The minimum absolute atomic E-state index is 0.248. The molecule has 0 unspecified atom stereocenters. The molecule has 1 aromatic rings. The summed E-state index contributed by atoms with van der Waals surface area (Å²) in [6.45, 7) is 3.43. The summed E-state index contributed by atoms with van der Waals surface area (Å²) in [4.78, 5) is 13.8. The second-order valence-corrected chi connectivity index (χ2v) is 4.45. The molecule has 21 heavy (non-hydrogen) atoms. The number of urea groups is 1. The number of aromatic nitrogens is 1. The van der Waals surface area contributed by atoms with Crippen LogP contribution in [0.3, 0.4) is 0 Å². The van der Waals surface area contributed by atoms with E-state index in [4.69, 9.17) is 0 Å². The van der Waals surface area contributed by atoms with E-state index >= 15 is 0 Å². The fraction of sp³-hybridized carbons (Fsp3) is 0.538. The van der Waals surface area contributed by atoms with Gasteiger partial charge in [-0.1, -0.05) is 13.3 Å². The molecule has 0 atom stereocenters. The number of aromatic amines is 1. The Labute approximate surface area is 121 Å². The molecule has 0 saturated heterocycles. The lowest BCUT2D eigenvalue weighted by Gasteiger charge is -2.07. The number of carbonyl (C=O) groups is 1. The number of hydrogen-bond donors (Lipinski definition) is 3. The van der Waals surface area contributed by atoms with Crippen LogP contribution in [0, 0.1) is 0 Å². The summed E-state index contributed by atoms with van der Waals surface area (Å²) in [5, 5.41) is 8.22. The zero-order valence-corrected chi connectivity index (χ0v) is 11.8. The Morgan fingerprint density at radius 1 is 1.19 bits per heavy atom. The van der Waals surface area contributed by atoms with Gasteiger partial charge in [0.1, 0.15) is 12.7 Å². The smallest absolute Gasteiger partial charge is 0.338 e. The average Bonchev–Trinajstić information content (AvgIpc) is 2.43. The van der Waals surface area contributed by atoms with Crippen LogP contribution in [0.4, 0.5) is 23.8 Å². The molecule has 0 aliphatic heterocycles. The zero-order chi connectivity index (χ0) is 15.7. The number of rotatable bonds is 7. The third-order valence-corrected chi connectivity index (χ3v) is 2.68. The summed E-state index contributed by atoms with van der Waals surface area (Å²) in [5.74, 6) is 0.455. The van der Waals surface area contributed by atoms with E-state index in [1.54, 1.807) is 0 Å². The molecular weight excluding hydrogens is 285 g/mol. The van der Waals surface area contributed by atoms with E-state index in [1.807, 2.05) is 6.92 Å². The van der Waals surface area contributed by atoms with Crippen molar-refractivity contribution in [2.24, 2.45) is 0 Å². The van der Waals surface area contributed by atoms with Crippen LogP contribution in [0.25, 0.3) is 0 Å². The van der Waals surface area contributed by atoms with E-state index in [0.29, 0.717) is 25.5 Å². The first kappa shape index (κ1) is 17.1. The van der Waals surface area contributed by atoms with Crippen molar-refractivity contribution in [1.29, 1.82) is 0 Å². The molecule has 5 nitrogen and oxygen atoms in total. The van der Waals surface area contributed by atoms with E-state index in [-0.39, 0.29) is 6.03 Å². The van der Waals surface area contributed by atoms with E-state index in [1.165, 1.54) is 6.07 Å². The van der Waals surface area contributed by atoms with Gasteiger partial charge in [-0.3, -0.25) is 5.32 Å². The van der Waals surface area contributed by atoms with Crippen LogP contribution < -0.4 is 20.9 Å². The molecule has 0 aliphatic rings. The Kier molecular flexibility index (Phi) is 6.77. The Morgan fingerprint density at radius 3 is 2.48 bits per heavy atom. The lowest BCUT2D eigenvalue weighted by atomic mass is 10.3.